The van der Waals surface area contributed by atoms with Gasteiger partial charge in [-0.05, 0) is 12.4 Å². The van der Waals surface area contributed by atoms with Gasteiger partial charge in [0.1, 0.15) is 0 Å². The molecule has 0 atom stereocenters. The molecule has 4 heteroatoms. The number of benzene rings is 1. The third kappa shape index (κ3) is 3.72. The van der Waals surface area contributed by atoms with Crippen LogP contribution in [0.25, 0.3) is 0 Å². The summed E-state index contributed by atoms with van der Waals surface area (Å²) in [6.45, 7) is 5.43. The van der Waals surface area contributed by atoms with E-state index in [0.717, 1.165) is 0 Å². The van der Waals surface area contributed by atoms with Crippen molar-refractivity contribution in [3.8, 4) is 0 Å². The zero-order valence-corrected chi connectivity index (χ0v) is 8.69. The van der Waals surface area contributed by atoms with E-state index in [-0.39, 0.29) is 5.78 Å². The summed E-state index contributed by atoms with van der Waals surface area (Å²) in [6.07, 6.45) is 0. The van der Waals surface area contributed by atoms with Gasteiger partial charge >= 0.3 is 7.12 Å². The fraction of sp³-hybridized carbons (Fsp3) is 0.300. The summed E-state index contributed by atoms with van der Waals surface area (Å²) >= 11 is 0. The summed E-state index contributed by atoms with van der Waals surface area (Å²) in [5.41, 5.74) is 0.823. The van der Waals surface area contributed by atoms with Gasteiger partial charge < -0.3 is 10.0 Å². The fourth-order valence-electron chi connectivity index (χ4n) is 0.918. The van der Waals surface area contributed by atoms with Gasteiger partial charge in [-0.2, -0.15) is 0 Å². The van der Waals surface area contributed by atoms with Crippen molar-refractivity contribution in [2.45, 2.75) is 20.8 Å². The van der Waals surface area contributed by atoms with Crippen LogP contribution < -0.4 is 5.46 Å². The first-order chi connectivity index (χ1) is 6.61. The highest BCUT2D eigenvalue weighted by Gasteiger charge is 2.11. The average Bonchev–Trinajstić information content (AvgIpc) is 2.21. The molecule has 14 heavy (non-hydrogen) atoms. The van der Waals surface area contributed by atoms with Crippen molar-refractivity contribution in [1.29, 1.82) is 0 Å². The Bertz CT molecular complexity index is 297. The van der Waals surface area contributed by atoms with Crippen molar-refractivity contribution in [1.82, 2.24) is 0 Å². The maximum Gasteiger partial charge on any atom is 0.488 e. The normalized spacial score (nSPS) is 8.64. The van der Waals surface area contributed by atoms with Gasteiger partial charge in [0.15, 0.2) is 5.78 Å². The minimum atomic E-state index is -1.51. The molecule has 3 nitrogen and oxygen atoms in total. The molecule has 0 radical (unpaired) electrons. The van der Waals surface area contributed by atoms with E-state index in [0.29, 0.717) is 11.0 Å². The number of hydrogen-bond acceptors (Lipinski definition) is 3. The molecule has 76 valence electrons. The molecule has 0 heterocycles. The van der Waals surface area contributed by atoms with Crippen molar-refractivity contribution in [2.24, 2.45) is 0 Å². The molecular formula is C10H15BO3. The summed E-state index contributed by atoms with van der Waals surface area (Å²) in [5, 5.41) is 17.5. The third-order valence-corrected chi connectivity index (χ3v) is 1.59. The van der Waals surface area contributed by atoms with Crippen molar-refractivity contribution in [2.75, 3.05) is 0 Å². The van der Waals surface area contributed by atoms with Crippen LogP contribution in [0, 0.1) is 0 Å². The second-order valence-electron chi connectivity index (χ2n) is 2.56. The average molecular weight is 194 g/mol. The van der Waals surface area contributed by atoms with Crippen molar-refractivity contribution in [3.63, 3.8) is 0 Å². The van der Waals surface area contributed by atoms with E-state index < -0.39 is 7.12 Å². The molecule has 1 aromatic rings. The SMILES string of the molecule is CC.CC(=O)c1cccc(B(O)O)c1. The Labute approximate surface area is 84.5 Å². The second-order valence-corrected chi connectivity index (χ2v) is 2.56. The number of ketones is 1. The topological polar surface area (TPSA) is 57.5 Å². The Balaban J connectivity index is 0.000000791. The Kier molecular flexibility index (Phi) is 5.84. The molecule has 0 bridgehead atoms. The fourth-order valence-corrected chi connectivity index (χ4v) is 0.918. The molecule has 0 unspecified atom stereocenters. The molecule has 0 aliphatic carbocycles. The smallest absolute Gasteiger partial charge is 0.423 e. The third-order valence-electron chi connectivity index (χ3n) is 1.59. The zero-order chi connectivity index (χ0) is 11.1. The summed E-state index contributed by atoms with van der Waals surface area (Å²) in [4.78, 5) is 10.9. The molecular weight excluding hydrogens is 179 g/mol. The van der Waals surface area contributed by atoms with Crippen LogP contribution in [0.1, 0.15) is 31.1 Å². The molecule has 0 aliphatic rings. The molecule has 0 aromatic heterocycles. The first-order valence-electron chi connectivity index (χ1n) is 4.58. The van der Waals surface area contributed by atoms with Crippen LogP contribution >= 0.6 is 0 Å². The summed E-state index contributed by atoms with van der Waals surface area (Å²) in [6, 6.07) is 6.27. The van der Waals surface area contributed by atoms with Crippen LogP contribution in [-0.2, 0) is 0 Å². The van der Waals surface area contributed by atoms with Crippen LogP contribution in [-0.4, -0.2) is 22.9 Å². The first kappa shape index (κ1) is 12.9. The van der Waals surface area contributed by atoms with E-state index in [9.17, 15) is 4.79 Å². The Morgan fingerprint density at radius 1 is 1.29 bits per heavy atom. The van der Waals surface area contributed by atoms with E-state index in [1.165, 1.54) is 13.0 Å². The predicted octanol–water partition coefficient (Wildman–Crippen LogP) is 0.595. The maximum absolute atomic E-state index is 10.9. The van der Waals surface area contributed by atoms with E-state index >= 15 is 0 Å². The van der Waals surface area contributed by atoms with Gasteiger partial charge in [0.05, 0.1) is 0 Å². The highest BCUT2D eigenvalue weighted by Crippen LogP contribution is 1.97. The van der Waals surface area contributed by atoms with E-state index in [4.69, 9.17) is 10.0 Å². The summed E-state index contributed by atoms with van der Waals surface area (Å²) < 4.78 is 0. The standard InChI is InChI=1S/C8H9BO3.C2H6/c1-6(10)7-3-2-4-8(5-7)9(11)12;1-2/h2-5,11-12H,1H3;1-2H3. The minimum absolute atomic E-state index is 0.0856. The monoisotopic (exact) mass is 194 g/mol. The van der Waals surface area contributed by atoms with Gasteiger partial charge in [-0.15, -0.1) is 0 Å². The number of rotatable bonds is 2. The molecule has 2 N–H and O–H groups in total. The van der Waals surface area contributed by atoms with E-state index in [2.05, 4.69) is 0 Å². The van der Waals surface area contributed by atoms with Gasteiger partial charge in [0, 0.05) is 5.56 Å². The van der Waals surface area contributed by atoms with Crippen LogP contribution in [0.2, 0.25) is 0 Å². The van der Waals surface area contributed by atoms with Crippen molar-refractivity contribution < 1.29 is 14.8 Å². The first-order valence-corrected chi connectivity index (χ1v) is 4.58. The van der Waals surface area contributed by atoms with Crippen molar-refractivity contribution >= 4 is 18.4 Å². The van der Waals surface area contributed by atoms with E-state index in [1.807, 2.05) is 13.8 Å². The quantitative estimate of drug-likeness (QED) is 0.535. The number of Topliss-reactive ketones (excluding diaryl/α,β-unsaturated/α-hetero) is 1. The second kappa shape index (κ2) is 6.35. The van der Waals surface area contributed by atoms with Crippen LogP contribution in [0.5, 0.6) is 0 Å². The van der Waals surface area contributed by atoms with E-state index in [1.54, 1.807) is 18.2 Å². The Morgan fingerprint density at radius 2 is 1.86 bits per heavy atom. The van der Waals surface area contributed by atoms with Gasteiger partial charge in [0.25, 0.3) is 0 Å². The molecule has 1 rings (SSSR count). The Hall–Kier alpha value is -1.13. The number of hydrogen-bond donors (Lipinski definition) is 2. The Morgan fingerprint density at radius 3 is 2.29 bits per heavy atom. The maximum atomic E-state index is 10.9. The lowest BCUT2D eigenvalue weighted by Crippen LogP contribution is -2.30. The largest absolute Gasteiger partial charge is 0.488 e. The highest BCUT2D eigenvalue weighted by molar-refractivity contribution is 6.58. The molecule has 0 spiro atoms. The zero-order valence-electron chi connectivity index (χ0n) is 8.69. The molecule has 1 aromatic carbocycles. The molecule has 0 amide bonds. The predicted molar refractivity (Wildman–Crippen MR) is 57.6 cm³/mol. The van der Waals surface area contributed by atoms with Gasteiger partial charge in [-0.25, -0.2) is 0 Å². The molecule has 0 saturated carbocycles. The van der Waals surface area contributed by atoms with Crippen LogP contribution in [0.15, 0.2) is 24.3 Å². The van der Waals surface area contributed by atoms with Crippen LogP contribution in [0.3, 0.4) is 0 Å². The molecule has 0 saturated heterocycles. The van der Waals surface area contributed by atoms with Gasteiger partial charge in [-0.3, -0.25) is 4.79 Å². The van der Waals surface area contributed by atoms with Gasteiger partial charge in [0.2, 0.25) is 0 Å². The lowest BCUT2D eigenvalue weighted by Gasteiger charge is -2.00. The molecule has 0 aliphatic heterocycles. The summed E-state index contributed by atoms with van der Waals surface area (Å²) in [5.74, 6) is -0.0856. The number of carbonyl (C=O) groups excluding carboxylic acids is 1. The minimum Gasteiger partial charge on any atom is -0.423 e. The number of carbonyl (C=O) groups is 1. The molecule has 0 fully saturated rings. The highest BCUT2D eigenvalue weighted by atomic mass is 16.4. The van der Waals surface area contributed by atoms with Crippen LogP contribution in [0.4, 0.5) is 0 Å². The lowest BCUT2D eigenvalue weighted by molar-refractivity contribution is 0.101. The van der Waals surface area contributed by atoms with Crippen molar-refractivity contribution in [3.05, 3.63) is 29.8 Å². The summed E-state index contributed by atoms with van der Waals surface area (Å²) in [7, 11) is -1.51. The lowest BCUT2D eigenvalue weighted by atomic mass is 9.79. The van der Waals surface area contributed by atoms with Gasteiger partial charge in [-0.1, -0.05) is 38.1 Å².